The van der Waals surface area contributed by atoms with Crippen molar-refractivity contribution in [3.63, 3.8) is 0 Å². The zero-order valence-corrected chi connectivity index (χ0v) is 21.7. The molecule has 1 aliphatic rings. The van der Waals surface area contributed by atoms with Gasteiger partial charge in [0.1, 0.15) is 6.04 Å². The summed E-state index contributed by atoms with van der Waals surface area (Å²) in [5.74, 6) is -3.05. The number of amides is 4. The molecule has 1 aliphatic heterocycles. The van der Waals surface area contributed by atoms with Crippen LogP contribution in [0.15, 0.2) is 12.2 Å². The minimum atomic E-state index is -1.16. The number of nitrogens with one attached hydrogen (secondary N) is 4. The van der Waals surface area contributed by atoms with Gasteiger partial charge >= 0.3 is 12.0 Å². The average molecular weight is 495 g/mol. The smallest absolute Gasteiger partial charge is 0.326 e. The molecule has 0 aromatic rings. The van der Waals surface area contributed by atoms with Crippen LogP contribution in [0.1, 0.15) is 67.2 Å². The summed E-state index contributed by atoms with van der Waals surface area (Å²) in [6.07, 6.45) is 4.82. The minimum absolute atomic E-state index is 0.0409. The number of carbonyl (C=O) groups is 5. The Hall–Kier alpha value is -2.91. The first-order chi connectivity index (χ1) is 16.3. The van der Waals surface area contributed by atoms with Gasteiger partial charge in [0.15, 0.2) is 5.78 Å². The molecule has 0 unspecified atom stereocenters. The van der Waals surface area contributed by atoms with Gasteiger partial charge < -0.3 is 26.4 Å². The Morgan fingerprint density at radius 1 is 1.00 bits per heavy atom. The highest BCUT2D eigenvalue weighted by Crippen LogP contribution is 2.19. The van der Waals surface area contributed by atoms with Gasteiger partial charge in [-0.1, -0.05) is 54.0 Å². The summed E-state index contributed by atoms with van der Waals surface area (Å²) < 4.78 is 0. The number of carboxylic acid groups (broad SMARTS) is 1. The van der Waals surface area contributed by atoms with Crippen molar-refractivity contribution in [2.24, 2.45) is 23.7 Å². The number of carbonyl (C=O) groups excluding carboxylic acids is 4. The number of hydrogen-bond acceptors (Lipinski definition) is 5. The van der Waals surface area contributed by atoms with E-state index in [4.69, 9.17) is 0 Å². The Balaban J connectivity index is 2.97. The molecule has 0 aromatic heterocycles. The van der Waals surface area contributed by atoms with Gasteiger partial charge in [-0.2, -0.15) is 0 Å². The Kier molecular flexibility index (Phi) is 12.5. The zero-order chi connectivity index (χ0) is 26.7. The van der Waals surface area contributed by atoms with E-state index in [1.807, 2.05) is 13.8 Å². The van der Waals surface area contributed by atoms with Crippen molar-refractivity contribution in [2.75, 3.05) is 6.54 Å². The van der Waals surface area contributed by atoms with E-state index in [0.717, 1.165) is 0 Å². The molecule has 0 bridgehead atoms. The molecule has 0 aliphatic carbocycles. The third-order valence-electron chi connectivity index (χ3n) is 6.10. The molecule has 198 valence electrons. The van der Waals surface area contributed by atoms with E-state index in [-0.39, 0.29) is 47.8 Å². The molecule has 10 heteroatoms. The number of aliphatic carboxylic acids is 1. The highest BCUT2D eigenvalue weighted by Gasteiger charge is 2.31. The van der Waals surface area contributed by atoms with Gasteiger partial charge in [0, 0.05) is 31.0 Å². The molecule has 10 nitrogen and oxygen atoms in total. The number of carboxylic acids is 1. The molecular formula is C25H42N4O6. The first-order valence-electron chi connectivity index (χ1n) is 12.4. The molecule has 35 heavy (non-hydrogen) atoms. The third-order valence-corrected chi connectivity index (χ3v) is 6.10. The van der Waals surface area contributed by atoms with E-state index in [1.54, 1.807) is 33.8 Å². The number of Topliss-reactive ketones (excluding diaryl/α,β-unsaturated/α-hetero) is 1. The van der Waals surface area contributed by atoms with Crippen LogP contribution in [-0.4, -0.2) is 59.4 Å². The van der Waals surface area contributed by atoms with E-state index < -0.39 is 30.0 Å². The van der Waals surface area contributed by atoms with E-state index in [0.29, 0.717) is 25.8 Å². The van der Waals surface area contributed by atoms with E-state index >= 15 is 0 Å². The average Bonchev–Trinajstić information content (AvgIpc) is 2.75. The Morgan fingerprint density at radius 3 is 2.14 bits per heavy atom. The molecule has 0 aromatic carbocycles. The van der Waals surface area contributed by atoms with Gasteiger partial charge in [0.2, 0.25) is 11.8 Å². The minimum Gasteiger partial charge on any atom is -0.480 e. The molecule has 5 N–H and O–H groups in total. The molecule has 0 fully saturated rings. The highest BCUT2D eigenvalue weighted by molar-refractivity contribution is 5.93. The van der Waals surface area contributed by atoms with Crippen LogP contribution in [0.3, 0.4) is 0 Å². The van der Waals surface area contributed by atoms with Gasteiger partial charge in [-0.05, 0) is 30.6 Å². The molecular weight excluding hydrogens is 452 g/mol. The molecule has 1 rings (SSSR count). The van der Waals surface area contributed by atoms with Crippen molar-refractivity contribution in [1.29, 1.82) is 0 Å². The van der Waals surface area contributed by atoms with Crippen molar-refractivity contribution < 1.29 is 29.1 Å². The largest absolute Gasteiger partial charge is 0.480 e. The lowest BCUT2D eigenvalue weighted by molar-refractivity contribution is -0.140. The van der Waals surface area contributed by atoms with Crippen LogP contribution in [0.4, 0.5) is 4.79 Å². The van der Waals surface area contributed by atoms with Crippen LogP contribution in [0.2, 0.25) is 0 Å². The third kappa shape index (κ3) is 10.5. The lowest BCUT2D eigenvalue weighted by atomic mass is 9.88. The molecule has 0 radical (unpaired) electrons. The van der Waals surface area contributed by atoms with Crippen LogP contribution >= 0.6 is 0 Å². The van der Waals surface area contributed by atoms with E-state index in [1.165, 1.54) is 6.08 Å². The zero-order valence-electron chi connectivity index (χ0n) is 21.7. The predicted octanol–water partition coefficient (Wildman–Crippen LogP) is 1.99. The molecule has 4 atom stereocenters. The van der Waals surface area contributed by atoms with E-state index in [9.17, 15) is 29.1 Å². The number of ketones is 1. The van der Waals surface area contributed by atoms with Crippen LogP contribution in [0.5, 0.6) is 0 Å². The first kappa shape index (κ1) is 30.1. The van der Waals surface area contributed by atoms with Crippen LogP contribution in [0, 0.1) is 23.7 Å². The van der Waals surface area contributed by atoms with Crippen LogP contribution in [-0.2, 0) is 19.2 Å². The lowest BCUT2D eigenvalue weighted by Crippen LogP contribution is -2.54. The fraction of sp³-hybridized carbons (Fsp3) is 0.720. The lowest BCUT2D eigenvalue weighted by Gasteiger charge is -2.27. The fourth-order valence-corrected chi connectivity index (χ4v) is 3.85. The summed E-state index contributed by atoms with van der Waals surface area (Å²) in [7, 11) is 0. The monoisotopic (exact) mass is 494 g/mol. The summed E-state index contributed by atoms with van der Waals surface area (Å²) in [5, 5.41) is 20.1. The molecule has 0 saturated heterocycles. The van der Waals surface area contributed by atoms with Crippen molar-refractivity contribution >= 4 is 29.6 Å². The summed E-state index contributed by atoms with van der Waals surface area (Å²) in [4.78, 5) is 62.1. The second-order valence-electron chi connectivity index (χ2n) is 10.2. The highest BCUT2D eigenvalue weighted by atomic mass is 16.4. The molecule has 4 amide bonds. The van der Waals surface area contributed by atoms with Crippen LogP contribution < -0.4 is 21.3 Å². The Labute approximate surface area is 208 Å². The first-order valence-corrected chi connectivity index (χ1v) is 12.4. The van der Waals surface area contributed by atoms with E-state index in [2.05, 4.69) is 21.3 Å². The van der Waals surface area contributed by atoms with Crippen molar-refractivity contribution in [3.05, 3.63) is 12.2 Å². The maximum Gasteiger partial charge on any atom is 0.326 e. The maximum atomic E-state index is 13.2. The number of hydrogen-bond donors (Lipinski definition) is 5. The predicted molar refractivity (Wildman–Crippen MR) is 132 cm³/mol. The number of rotatable bonds is 9. The second-order valence-corrected chi connectivity index (χ2v) is 10.2. The van der Waals surface area contributed by atoms with Crippen LogP contribution in [0.25, 0.3) is 0 Å². The summed E-state index contributed by atoms with van der Waals surface area (Å²) in [5.41, 5.74) is 0. The van der Waals surface area contributed by atoms with Gasteiger partial charge in [-0.15, -0.1) is 0 Å². The number of urea groups is 1. The van der Waals surface area contributed by atoms with Crippen molar-refractivity contribution in [2.45, 2.75) is 85.4 Å². The van der Waals surface area contributed by atoms with Gasteiger partial charge in [-0.25, -0.2) is 9.59 Å². The normalized spacial score (nSPS) is 22.3. The Bertz CT molecular complexity index is 793. The van der Waals surface area contributed by atoms with Crippen molar-refractivity contribution in [1.82, 2.24) is 21.3 Å². The summed E-state index contributed by atoms with van der Waals surface area (Å²) >= 11 is 0. The molecule has 1 heterocycles. The summed E-state index contributed by atoms with van der Waals surface area (Å²) in [6.45, 7) is 11.3. The maximum absolute atomic E-state index is 13.2. The fourth-order valence-electron chi connectivity index (χ4n) is 3.85. The molecule has 0 saturated carbocycles. The Morgan fingerprint density at radius 2 is 1.60 bits per heavy atom. The summed E-state index contributed by atoms with van der Waals surface area (Å²) in [6, 6.07) is -3.05. The topological polar surface area (TPSA) is 154 Å². The van der Waals surface area contributed by atoms with Crippen molar-refractivity contribution in [3.8, 4) is 0 Å². The SMILES string of the molecule is CC(C)[C@H](NC(=O)N[C@H](C(=O)C[C@H]1CCCCNC(=O)/C=C/[C@H](C(C)C)NC1=O)C(C)C)C(=O)O. The van der Waals surface area contributed by atoms with Gasteiger partial charge in [-0.3, -0.25) is 14.4 Å². The quantitative estimate of drug-likeness (QED) is 0.330. The molecule has 0 spiro atoms. The van der Waals surface area contributed by atoms with Gasteiger partial charge in [0.25, 0.3) is 0 Å². The second kappa shape index (κ2) is 14.5. The standard InChI is InChI=1S/C25H42N4O6/c1-14(2)18-10-11-20(31)26-12-8-7-9-17(23(32)27-18)13-19(30)21(15(3)4)28-25(35)29-22(16(5)6)24(33)34/h10-11,14-18,21-22H,7-9,12-13H2,1-6H3,(H,26,31)(H,27,32)(H,33,34)(H2,28,29,35)/b11-10+/t17-,18-,21+,22+/m1/s1. The van der Waals surface area contributed by atoms with Gasteiger partial charge in [0.05, 0.1) is 6.04 Å².